The van der Waals surface area contributed by atoms with Gasteiger partial charge in [0.05, 0.1) is 5.02 Å². The number of hydrogen-bond acceptors (Lipinski definition) is 2. The Kier molecular flexibility index (Phi) is 4.12. The molecule has 0 aliphatic carbocycles. The van der Waals surface area contributed by atoms with Gasteiger partial charge in [0.2, 0.25) is 0 Å². The van der Waals surface area contributed by atoms with Crippen molar-refractivity contribution in [1.29, 1.82) is 0 Å². The predicted molar refractivity (Wildman–Crippen MR) is 75.6 cm³/mol. The second-order valence-corrected chi connectivity index (χ2v) is 4.82. The van der Waals surface area contributed by atoms with E-state index in [4.69, 9.17) is 33.7 Å². The van der Waals surface area contributed by atoms with Crippen molar-refractivity contribution in [2.24, 2.45) is 5.73 Å². The number of aryl methyl sites for hydroxylation is 1. The van der Waals surface area contributed by atoms with Crippen molar-refractivity contribution in [3.63, 3.8) is 0 Å². The van der Waals surface area contributed by atoms with Crippen LogP contribution in [0.3, 0.4) is 0 Å². The molecular weight excluding hydrogens is 269 g/mol. The van der Waals surface area contributed by atoms with Gasteiger partial charge in [0.1, 0.15) is 11.5 Å². The van der Waals surface area contributed by atoms with Gasteiger partial charge >= 0.3 is 0 Å². The second kappa shape index (κ2) is 5.61. The van der Waals surface area contributed by atoms with Gasteiger partial charge < -0.3 is 10.5 Å². The molecule has 18 heavy (non-hydrogen) atoms. The van der Waals surface area contributed by atoms with Crippen LogP contribution in [0, 0.1) is 6.92 Å². The van der Waals surface area contributed by atoms with E-state index >= 15 is 0 Å². The van der Waals surface area contributed by atoms with Gasteiger partial charge in [-0.15, -0.1) is 0 Å². The molecule has 0 atom stereocenters. The molecule has 2 aromatic carbocycles. The SMILES string of the molecule is Cc1cc(Cl)ccc1Oc1ccc(CN)cc1Cl. The van der Waals surface area contributed by atoms with Crippen molar-refractivity contribution < 1.29 is 4.74 Å². The van der Waals surface area contributed by atoms with Gasteiger partial charge in [0.25, 0.3) is 0 Å². The summed E-state index contributed by atoms with van der Waals surface area (Å²) in [6, 6.07) is 11.0. The first-order valence-corrected chi connectivity index (χ1v) is 6.28. The Hall–Kier alpha value is -1.22. The third-order valence-electron chi connectivity index (χ3n) is 2.59. The molecule has 0 radical (unpaired) electrons. The van der Waals surface area contributed by atoms with E-state index in [1.54, 1.807) is 6.07 Å². The Balaban J connectivity index is 2.28. The lowest BCUT2D eigenvalue weighted by Crippen LogP contribution is -1.96. The maximum Gasteiger partial charge on any atom is 0.146 e. The Morgan fingerprint density at radius 2 is 1.78 bits per heavy atom. The molecule has 0 spiro atoms. The highest BCUT2D eigenvalue weighted by molar-refractivity contribution is 6.32. The summed E-state index contributed by atoms with van der Waals surface area (Å²) in [4.78, 5) is 0. The zero-order valence-electron chi connectivity index (χ0n) is 9.91. The number of nitrogens with two attached hydrogens (primary N) is 1. The topological polar surface area (TPSA) is 35.2 Å². The average Bonchev–Trinajstić information content (AvgIpc) is 2.34. The maximum absolute atomic E-state index is 6.14. The summed E-state index contributed by atoms with van der Waals surface area (Å²) in [5.74, 6) is 1.35. The summed E-state index contributed by atoms with van der Waals surface area (Å²) in [6.45, 7) is 2.39. The lowest BCUT2D eigenvalue weighted by molar-refractivity contribution is 0.479. The summed E-state index contributed by atoms with van der Waals surface area (Å²) in [5, 5.41) is 1.23. The number of benzene rings is 2. The van der Waals surface area contributed by atoms with E-state index in [2.05, 4.69) is 0 Å². The molecule has 2 N–H and O–H groups in total. The van der Waals surface area contributed by atoms with Crippen molar-refractivity contribution in [3.8, 4) is 11.5 Å². The van der Waals surface area contributed by atoms with Gasteiger partial charge in [0.15, 0.2) is 0 Å². The zero-order valence-corrected chi connectivity index (χ0v) is 11.4. The molecule has 94 valence electrons. The Labute approximate surface area is 116 Å². The molecule has 2 nitrogen and oxygen atoms in total. The minimum Gasteiger partial charge on any atom is -0.456 e. The normalized spacial score (nSPS) is 10.4. The molecule has 0 bridgehead atoms. The number of rotatable bonds is 3. The van der Waals surface area contributed by atoms with Crippen LogP contribution in [0.25, 0.3) is 0 Å². The predicted octanol–water partition coefficient (Wildman–Crippen LogP) is 4.55. The van der Waals surface area contributed by atoms with Crippen molar-refractivity contribution in [3.05, 3.63) is 57.6 Å². The maximum atomic E-state index is 6.14. The molecule has 0 aliphatic rings. The molecule has 4 heteroatoms. The molecular formula is C14H13Cl2NO. The minimum absolute atomic E-state index is 0.458. The second-order valence-electron chi connectivity index (χ2n) is 3.98. The van der Waals surface area contributed by atoms with Gasteiger partial charge in [0, 0.05) is 11.6 Å². The Bertz CT molecular complexity index is 570. The van der Waals surface area contributed by atoms with E-state index in [0.717, 1.165) is 16.9 Å². The van der Waals surface area contributed by atoms with Gasteiger partial charge in [-0.05, 0) is 48.4 Å². The van der Waals surface area contributed by atoms with Crippen molar-refractivity contribution in [2.75, 3.05) is 0 Å². The molecule has 0 aromatic heterocycles. The first-order chi connectivity index (χ1) is 8.60. The highest BCUT2D eigenvalue weighted by Gasteiger charge is 2.06. The van der Waals surface area contributed by atoms with E-state index in [1.165, 1.54) is 0 Å². The van der Waals surface area contributed by atoms with Crippen LogP contribution in [-0.2, 0) is 6.54 Å². The summed E-state index contributed by atoms with van der Waals surface area (Å²) in [5.41, 5.74) is 7.48. The lowest BCUT2D eigenvalue weighted by atomic mass is 10.2. The smallest absolute Gasteiger partial charge is 0.146 e. The fourth-order valence-corrected chi connectivity index (χ4v) is 2.07. The van der Waals surface area contributed by atoms with Crippen LogP contribution in [0.15, 0.2) is 36.4 Å². The number of halogens is 2. The molecule has 0 heterocycles. The third-order valence-corrected chi connectivity index (χ3v) is 3.12. The molecule has 0 unspecified atom stereocenters. The van der Waals surface area contributed by atoms with E-state index in [-0.39, 0.29) is 0 Å². The fourth-order valence-electron chi connectivity index (χ4n) is 1.60. The van der Waals surface area contributed by atoms with Gasteiger partial charge in [-0.3, -0.25) is 0 Å². The van der Waals surface area contributed by atoms with E-state index < -0.39 is 0 Å². The van der Waals surface area contributed by atoms with Crippen molar-refractivity contribution >= 4 is 23.2 Å². The molecule has 0 amide bonds. The molecule has 0 saturated heterocycles. The lowest BCUT2D eigenvalue weighted by Gasteiger charge is -2.11. The fraction of sp³-hybridized carbons (Fsp3) is 0.143. The Morgan fingerprint density at radius 1 is 1.06 bits per heavy atom. The summed E-state index contributed by atoms with van der Waals surface area (Å²) >= 11 is 12.0. The molecule has 0 fully saturated rings. The van der Waals surface area contributed by atoms with Gasteiger partial charge in [-0.25, -0.2) is 0 Å². The summed E-state index contributed by atoms with van der Waals surface area (Å²) < 4.78 is 5.76. The van der Waals surface area contributed by atoms with Crippen molar-refractivity contribution in [1.82, 2.24) is 0 Å². The van der Waals surface area contributed by atoms with Crippen LogP contribution in [-0.4, -0.2) is 0 Å². The summed E-state index contributed by atoms with van der Waals surface area (Å²) in [6.07, 6.45) is 0. The van der Waals surface area contributed by atoms with E-state index in [1.807, 2.05) is 37.3 Å². The molecule has 0 aliphatic heterocycles. The van der Waals surface area contributed by atoms with Crippen LogP contribution in [0.5, 0.6) is 11.5 Å². The quantitative estimate of drug-likeness (QED) is 0.896. The monoisotopic (exact) mass is 281 g/mol. The number of ether oxygens (including phenoxy) is 1. The van der Waals surface area contributed by atoms with Crippen LogP contribution < -0.4 is 10.5 Å². The van der Waals surface area contributed by atoms with E-state index in [9.17, 15) is 0 Å². The van der Waals surface area contributed by atoms with Crippen LogP contribution >= 0.6 is 23.2 Å². The van der Waals surface area contributed by atoms with Gasteiger partial charge in [-0.2, -0.15) is 0 Å². The minimum atomic E-state index is 0.458. The van der Waals surface area contributed by atoms with Crippen molar-refractivity contribution in [2.45, 2.75) is 13.5 Å². The van der Waals surface area contributed by atoms with E-state index in [0.29, 0.717) is 22.3 Å². The highest BCUT2D eigenvalue weighted by Crippen LogP contribution is 2.32. The van der Waals surface area contributed by atoms with Crippen LogP contribution in [0.4, 0.5) is 0 Å². The summed E-state index contributed by atoms with van der Waals surface area (Å²) in [7, 11) is 0. The third kappa shape index (κ3) is 2.96. The molecule has 0 saturated carbocycles. The standard InChI is InChI=1S/C14H13Cl2NO/c1-9-6-11(15)3-5-13(9)18-14-4-2-10(8-17)7-12(14)16/h2-7H,8,17H2,1H3. The van der Waals surface area contributed by atoms with Crippen LogP contribution in [0.1, 0.15) is 11.1 Å². The molecule has 2 rings (SSSR count). The highest BCUT2D eigenvalue weighted by atomic mass is 35.5. The zero-order chi connectivity index (χ0) is 13.1. The van der Waals surface area contributed by atoms with Gasteiger partial charge in [-0.1, -0.05) is 29.3 Å². The van der Waals surface area contributed by atoms with Crippen LogP contribution in [0.2, 0.25) is 10.0 Å². The number of hydrogen-bond donors (Lipinski definition) is 1. The Morgan fingerprint density at radius 3 is 2.39 bits per heavy atom. The molecule has 2 aromatic rings. The first kappa shape index (κ1) is 13.2. The largest absolute Gasteiger partial charge is 0.456 e. The average molecular weight is 282 g/mol. The first-order valence-electron chi connectivity index (χ1n) is 5.52.